The number of oxazole rings is 1. The molecule has 1 atom stereocenters. The predicted molar refractivity (Wildman–Crippen MR) is 46.1 cm³/mol. The molecule has 0 aromatic carbocycles. The fourth-order valence-electron chi connectivity index (χ4n) is 1.78. The zero-order chi connectivity index (χ0) is 8.39. The number of aromatic nitrogens is 1. The highest BCUT2D eigenvalue weighted by atomic mass is 16.3. The lowest BCUT2D eigenvalue weighted by atomic mass is 9.96. The molecule has 1 aliphatic heterocycles. The second kappa shape index (κ2) is 3.27. The Balaban J connectivity index is 2.13. The maximum atomic E-state index is 5.35. The Morgan fingerprint density at radius 2 is 2.58 bits per heavy atom. The average molecular weight is 166 g/mol. The lowest BCUT2D eigenvalue weighted by Gasteiger charge is -2.20. The van der Waals surface area contributed by atoms with Crippen LogP contribution >= 0.6 is 0 Å². The van der Waals surface area contributed by atoms with Crippen LogP contribution in [0.4, 0.5) is 0 Å². The van der Waals surface area contributed by atoms with E-state index in [0.29, 0.717) is 5.92 Å². The van der Waals surface area contributed by atoms with Gasteiger partial charge in [0.2, 0.25) is 0 Å². The molecule has 0 aliphatic carbocycles. The normalized spacial score (nSPS) is 24.2. The summed E-state index contributed by atoms with van der Waals surface area (Å²) in [6.07, 6.45) is 4.01. The molecule has 0 amide bonds. The Morgan fingerprint density at radius 1 is 1.67 bits per heavy atom. The number of nitrogens with zero attached hydrogens (tertiary/aromatic N) is 1. The summed E-state index contributed by atoms with van der Waals surface area (Å²) in [5, 5.41) is 3.36. The number of hydrogen-bond donors (Lipinski definition) is 1. The SMILES string of the molecule is Cc1ncoc1C1CCCNC1. The van der Waals surface area contributed by atoms with Gasteiger partial charge in [0.05, 0.1) is 5.69 Å². The van der Waals surface area contributed by atoms with Gasteiger partial charge in [-0.05, 0) is 26.3 Å². The molecule has 2 heterocycles. The molecule has 2 rings (SSSR count). The van der Waals surface area contributed by atoms with Crippen molar-refractivity contribution in [3.05, 3.63) is 17.8 Å². The van der Waals surface area contributed by atoms with E-state index in [1.54, 1.807) is 6.39 Å². The van der Waals surface area contributed by atoms with Gasteiger partial charge < -0.3 is 9.73 Å². The largest absolute Gasteiger partial charge is 0.448 e. The Hall–Kier alpha value is -0.830. The maximum absolute atomic E-state index is 5.35. The van der Waals surface area contributed by atoms with Crippen molar-refractivity contribution in [1.82, 2.24) is 10.3 Å². The summed E-state index contributed by atoms with van der Waals surface area (Å²) in [5.41, 5.74) is 1.05. The van der Waals surface area contributed by atoms with Crippen LogP contribution in [0.3, 0.4) is 0 Å². The molecule has 3 nitrogen and oxygen atoms in total. The Kier molecular flexibility index (Phi) is 2.13. The second-order valence-corrected chi connectivity index (χ2v) is 3.35. The number of piperidine rings is 1. The van der Waals surface area contributed by atoms with Crippen molar-refractivity contribution in [3.63, 3.8) is 0 Å². The molecule has 3 heteroatoms. The molecule has 1 N–H and O–H groups in total. The van der Waals surface area contributed by atoms with Crippen molar-refractivity contribution >= 4 is 0 Å². The summed E-state index contributed by atoms with van der Waals surface area (Å²) in [7, 11) is 0. The molecule has 12 heavy (non-hydrogen) atoms. The standard InChI is InChI=1S/C9H14N2O/c1-7-9(12-6-11-7)8-3-2-4-10-5-8/h6,8,10H,2-5H2,1H3. The van der Waals surface area contributed by atoms with Crippen molar-refractivity contribution in [1.29, 1.82) is 0 Å². The first-order valence-electron chi connectivity index (χ1n) is 4.48. The maximum Gasteiger partial charge on any atom is 0.181 e. The van der Waals surface area contributed by atoms with Gasteiger partial charge in [-0.25, -0.2) is 4.98 Å². The number of hydrogen-bond acceptors (Lipinski definition) is 3. The summed E-state index contributed by atoms with van der Waals surface area (Å²) >= 11 is 0. The summed E-state index contributed by atoms with van der Waals surface area (Å²) in [6.45, 7) is 4.19. The molecular weight excluding hydrogens is 152 g/mol. The van der Waals surface area contributed by atoms with E-state index in [9.17, 15) is 0 Å². The number of nitrogens with one attached hydrogen (secondary N) is 1. The summed E-state index contributed by atoms with van der Waals surface area (Å²) in [4.78, 5) is 4.10. The van der Waals surface area contributed by atoms with Gasteiger partial charge in [-0.2, -0.15) is 0 Å². The van der Waals surface area contributed by atoms with Crippen LogP contribution < -0.4 is 5.32 Å². The van der Waals surface area contributed by atoms with Crippen molar-refractivity contribution in [2.45, 2.75) is 25.7 Å². The predicted octanol–water partition coefficient (Wildman–Crippen LogP) is 1.45. The molecule has 0 bridgehead atoms. The molecule has 0 radical (unpaired) electrons. The Bertz CT molecular complexity index is 251. The van der Waals surface area contributed by atoms with Gasteiger partial charge in [-0.3, -0.25) is 0 Å². The lowest BCUT2D eigenvalue weighted by Crippen LogP contribution is -2.28. The van der Waals surface area contributed by atoms with Crippen molar-refractivity contribution in [3.8, 4) is 0 Å². The number of aryl methyl sites for hydroxylation is 1. The highest BCUT2D eigenvalue weighted by Crippen LogP contribution is 2.24. The van der Waals surface area contributed by atoms with E-state index in [0.717, 1.165) is 24.5 Å². The summed E-state index contributed by atoms with van der Waals surface area (Å²) in [5.74, 6) is 1.61. The highest BCUT2D eigenvalue weighted by molar-refractivity contribution is 5.11. The molecule has 1 aromatic rings. The lowest BCUT2D eigenvalue weighted by molar-refractivity contribution is 0.385. The van der Waals surface area contributed by atoms with Gasteiger partial charge >= 0.3 is 0 Å². The van der Waals surface area contributed by atoms with Crippen LogP contribution in [-0.2, 0) is 0 Å². The van der Waals surface area contributed by atoms with Crippen molar-refractivity contribution in [2.75, 3.05) is 13.1 Å². The van der Waals surface area contributed by atoms with E-state index in [4.69, 9.17) is 4.42 Å². The minimum atomic E-state index is 0.543. The van der Waals surface area contributed by atoms with Gasteiger partial charge in [-0.1, -0.05) is 0 Å². The van der Waals surface area contributed by atoms with Gasteiger partial charge in [0.1, 0.15) is 5.76 Å². The molecule has 1 aliphatic rings. The topological polar surface area (TPSA) is 38.1 Å². The second-order valence-electron chi connectivity index (χ2n) is 3.35. The molecular formula is C9H14N2O. The van der Waals surface area contributed by atoms with E-state index in [1.165, 1.54) is 12.8 Å². The van der Waals surface area contributed by atoms with E-state index in [1.807, 2.05) is 6.92 Å². The quantitative estimate of drug-likeness (QED) is 0.686. The molecule has 1 fully saturated rings. The van der Waals surface area contributed by atoms with Gasteiger partial charge in [0.25, 0.3) is 0 Å². The molecule has 1 unspecified atom stereocenters. The van der Waals surface area contributed by atoms with Gasteiger partial charge in [0.15, 0.2) is 6.39 Å². The zero-order valence-electron chi connectivity index (χ0n) is 7.34. The fraction of sp³-hybridized carbons (Fsp3) is 0.667. The minimum absolute atomic E-state index is 0.543. The van der Waals surface area contributed by atoms with Crippen LogP contribution in [0.2, 0.25) is 0 Å². The number of rotatable bonds is 1. The fourth-order valence-corrected chi connectivity index (χ4v) is 1.78. The molecule has 0 saturated carbocycles. The van der Waals surface area contributed by atoms with Crippen LogP contribution in [0, 0.1) is 6.92 Å². The molecule has 0 spiro atoms. The first kappa shape index (κ1) is 7.80. The van der Waals surface area contributed by atoms with Crippen LogP contribution in [0.25, 0.3) is 0 Å². The van der Waals surface area contributed by atoms with E-state index >= 15 is 0 Å². The van der Waals surface area contributed by atoms with Crippen molar-refractivity contribution < 1.29 is 4.42 Å². The van der Waals surface area contributed by atoms with Crippen LogP contribution in [0.5, 0.6) is 0 Å². The third-order valence-electron chi connectivity index (χ3n) is 2.45. The minimum Gasteiger partial charge on any atom is -0.448 e. The smallest absolute Gasteiger partial charge is 0.181 e. The van der Waals surface area contributed by atoms with Gasteiger partial charge in [0, 0.05) is 12.5 Å². The van der Waals surface area contributed by atoms with Gasteiger partial charge in [-0.15, -0.1) is 0 Å². The summed E-state index contributed by atoms with van der Waals surface area (Å²) in [6, 6.07) is 0. The van der Waals surface area contributed by atoms with Crippen molar-refractivity contribution in [2.24, 2.45) is 0 Å². The molecule has 1 aromatic heterocycles. The molecule has 66 valence electrons. The van der Waals surface area contributed by atoms with Crippen LogP contribution in [0.1, 0.15) is 30.2 Å². The van der Waals surface area contributed by atoms with E-state index < -0.39 is 0 Å². The van der Waals surface area contributed by atoms with E-state index in [-0.39, 0.29) is 0 Å². The van der Waals surface area contributed by atoms with Crippen LogP contribution in [-0.4, -0.2) is 18.1 Å². The zero-order valence-corrected chi connectivity index (χ0v) is 7.34. The third kappa shape index (κ3) is 1.37. The summed E-state index contributed by atoms with van der Waals surface area (Å²) < 4.78 is 5.35. The molecule has 1 saturated heterocycles. The average Bonchev–Trinajstić information content (AvgIpc) is 2.53. The van der Waals surface area contributed by atoms with Crippen LogP contribution in [0.15, 0.2) is 10.8 Å². The third-order valence-corrected chi connectivity index (χ3v) is 2.45. The first-order valence-corrected chi connectivity index (χ1v) is 4.48. The van der Waals surface area contributed by atoms with E-state index in [2.05, 4.69) is 10.3 Å². The highest BCUT2D eigenvalue weighted by Gasteiger charge is 2.19. The first-order chi connectivity index (χ1) is 5.88. The Morgan fingerprint density at radius 3 is 3.17 bits per heavy atom. The monoisotopic (exact) mass is 166 g/mol. The Labute approximate surface area is 72.2 Å².